The Morgan fingerprint density at radius 1 is 1.04 bits per heavy atom. The largest absolute Gasteiger partial charge is 0.485 e. The molecule has 2 N–H and O–H groups in total. The number of hydrogen-bond donors (Lipinski definition) is 2. The summed E-state index contributed by atoms with van der Waals surface area (Å²) in [5.41, 5.74) is 5.93. The first kappa shape index (κ1) is 18.8. The second-order valence-corrected chi connectivity index (χ2v) is 6.62. The van der Waals surface area contributed by atoms with Crippen LogP contribution < -0.4 is 20.3 Å². The van der Waals surface area contributed by atoms with Crippen LogP contribution in [0.25, 0.3) is 0 Å². The minimum absolute atomic E-state index is 0.0895. The number of hydrazine groups is 1. The number of benzene rings is 2. The van der Waals surface area contributed by atoms with E-state index in [1.54, 1.807) is 18.2 Å². The molecule has 6 nitrogen and oxygen atoms in total. The van der Waals surface area contributed by atoms with E-state index in [9.17, 15) is 9.59 Å². The van der Waals surface area contributed by atoms with E-state index in [2.05, 4.69) is 10.9 Å². The summed E-state index contributed by atoms with van der Waals surface area (Å²) < 4.78 is 11.2. The highest BCUT2D eigenvalue weighted by molar-refractivity contribution is 5.88. The van der Waals surface area contributed by atoms with E-state index in [-0.39, 0.29) is 24.3 Å². The molecule has 0 aromatic heterocycles. The number of rotatable bonds is 5. The second kappa shape index (κ2) is 8.58. The quantitative estimate of drug-likeness (QED) is 0.796. The van der Waals surface area contributed by atoms with Gasteiger partial charge in [-0.15, -0.1) is 0 Å². The Morgan fingerprint density at radius 3 is 2.41 bits per heavy atom. The fourth-order valence-corrected chi connectivity index (χ4v) is 3.06. The lowest BCUT2D eigenvalue weighted by Gasteiger charge is -2.26. The first-order valence-corrected chi connectivity index (χ1v) is 9.13. The molecule has 1 aliphatic rings. The molecular formula is C21H24N2O4. The van der Waals surface area contributed by atoms with Crippen molar-refractivity contribution in [2.45, 2.75) is 32.3 Å². The number of para-hydroxylation sites is 2. The zero-order chi connectivity index (χ0) is 19.2. The number of nitrogens with one attached hydrogen (secondary N) is 2. The van der Waals surface area contributed by atoms with Crippen molar-refractivity contribution in [2.75, 3.05) is 6.61 Å². The van der Waals surface area contributed by atoms with Gasteiger partial charge in [-0.3, -0.25) is 20.4 Å². The van der Waals surface area contributed by atoms with Gasteiger partial charge in [0.05, 0.1) is 5.92 Å². The maximum absolute atomic E-state index is 12.7. The summed E-state index contributed by atoms with van der Waals surface area (Å²) in [7, 11) is 0. The third-order valence-corrected chi connectivity index (χ3v) is 4.76. The van der Waals surface area contributed by atoms with Gasteiger partial charge in [0.15, 0.2) is 11.5 Å². The SMILES string of the molecule is CCC(C)C(C(=O)NNC(=O)C1COc2ccccc2O1)c1ccccc1. The van der Waals surface area contributed by atoms with Gasteiger partial charge in [0.1, 0.15) is 6.61 Å². The van der Waals surface area contributed by atoms with Gasteiger partial charge in [0, 0.05) is 0 Å². The number of carbonyl (C=O) groups is 2. The summed E-state index contributed by atoms with van der Waals surface area (Å²) in [4.78, 5) is 25.1. The van der Waals surface area contributed by atoms with Gasteiger partial charge in [-0.2, -0.15) is 0 Å². The smallest absolute Gasteiger partial charge is 0.283 e. The number of ether oxygens (including phenoxy) is 2. The van der Waals surface area contributed by atoms with Crippen LogP contribution in [0, 0.1) is 5.92 Å². The average Bonchev–Trinajstić information content (AvgIpc) is 2.72. The van der Waals surface area contributed by atoms with E-state index in [0.29, 0.717) is 11.5 Å². The molecule has 6 heteroatoms. The summed E-state index contributed by atoms with van der Waals surface area (Å²) in [6, 6.07) is 16.7. The van der Waals surface area contributed by atoms with E-state index in [0.717, 1.165) is 12.0 Å². The Kier molecular flexibility index (Phi) is 5.96. The molecule has 0 radical (unpaired) electrons. The zero-order valence-electron chi connectivity index (χ0n) is 15.5. The molecule has 1 heterocycles. The Morgan fingerprint density at radius 2 is 1.70 bits per heavy atom. The summed E-state index contributed by atoms with van der Waals surface area (Å²) in [6.07, 6.45) is 0.0241. The van der Waals surface area contributed by atoms with Crippen molar-refractivity contribution in [3.63, 3.8) is 0 Å². The van der Waals surface area contributed by atoms with Crippen LogP contribution in [-0.2, 0) is 9.59 Å². The van der Waals surface area contributed by atoms with Crippen LogP contribution in [0.5, 0.6) is 11.5 Å². The summed E-state index contributed by atoms with van der Waals surface area (Å²) in [5.74, 6) is 0.199. The van der Waals surface area contributed by atoms with Crippen molar-refractivity contribution in [1.82, 2.24) is 10.9 Å². The summed E-state index contributed by atoms with van der Waals surface area (Å²) in [6.45, 7) is 4.15. The van der Waals surface area contributed by atoms with Crippen LogP contribution in [0.4, 0.5) is 0 Å². The molecule has 3 atom stereocenters. The molecular weight excluding hydrogens is 344 g/mol. The molecule has 2 aromatic carbocycles. The molecule has 2 aromatic rings. The Balaban J connectivity index is 1.61. The summed E-state index contributed by atoms with van der Waals surface area (Å²) >= 11 is 0. The molecule has 0 saturated heterocycles. The molecule has 0 spiro atoms. The van der Waals surface area contributed by atoms with Gasteiger partial charge in [0.25, 0.3) is 5.91 Å². The second-order valence-electron chi connectivity index (χ2n) is 6.62. The lowest BCUT2D eigenvalue weighted by molar-refractivity contribution is -0.135. The minimum atomic E-state index is -0.820. The van der Waals surface area contributed by atoms with Gasteiger partial charge < -0.3 is 9.47 Å². The van der Waals surface area contributed by atoms with Crippen LogP contribution in [0.1, 0.15) is 31.7 Å². The van der Waals surface area contributed by atoms with E-state index >= 15 is 0 Å². The monoisotopic (exact) mass is 368 g/mol. The highest BCUT2D eigenvalue weighted by Crippen LogP contribution is 2.31. The van der Waals surface area contributed by atoms with Crippen molar-refractivity contribution < 1.29 is 19.1 Å². The zero-order valence-corrected chi connectivity index (χ0v) is 15.5. The highest BCUT2D eigenvalue weighted by atomic mass is 16.6. The van der Waals surface area contributed by atoms with E-state index in [1.807, 2.05) is 50.2 Å². The third kappa shape index (κ3) is 4.39. The molecule has 3 unspecified atom stereocenters. The fraction of sp³-hybridized carbons (Fsp3) is 0.333. The predicted octanol–water partition coefficient (Wildman–Crippen LogP) is 2.80. The van der Waals surface area contributed by atoms with Crippen LogP contribution >= 0.6 is 0 Å². The van der Waals surface area contributed by atoms with Crippen molar-refractivity contribution in [3.05, 3.63) is 60.2 Å². The number of carbonyl (C=O) groups excluding carboxylic acids is 2. The Hall–Kier alpha value is -3.02. The first-order chi connectivity index (χ1) is 13.1. The molecule has 1 aliphatic heterocycles. The Bertz CT molecular complexity index is 794. The van der Waals surface area contributed by atoms with Crippen LogP contribution in [-0.4, -0.2) is 24.5 Å². The van der Waals surface area contributed by atoms with E-state index < -0.39 is 12.0 Å². The summed E-state index contributed by atoms with van der Waals surface area (Å²) in [5, 5.41) is 0. The van der Waals surface area contributed by atoms with Crippen LogP contribution in [0.15, 0.2) is 54.6 Å². The molecule has 0 fully saturated rings. The molecule has 27 heavy (non-hydrogen) atoms. The van der Waals surface area contributed by atoms with Crippen LogP contribution in [0.3, 0.4) is 0 Å². The minimum Gasteiger partial charge on any atom is -0.485 e. The number of hydrogen-bond acceptors (Lipinski definition) is 4. The van der Waals surface area contributed by atoms with Gasteiger partial charge >= 0.3 is 0 Å². The molecule has 3 rings (SSSR count). The van der Waals surface area contributed by atoms with E-state index in [4.69, 9.17) is 9.47 Å². The fourth-order valence-electron chi connectivity index (χ4n) is 3.06. The predicted molar refractivity (Wildman–Crippen MR) is 101 cm³/mol. The normalized spacial score (nSPS) is 17.5. The lowest BCUT2D eigenvalue weighted by atomic mass is 9.85. The van der Waals surface area contributed by atoms with Gasteiger partial charge in [-0.25, -0.2) is 0 Å². The van der Waals surface area contributed by atoms with E-state index in [1.165, 1.54) is 0 Å². The first-order valence-electron chi connectivity index (χ1n) is 9.13. The van der Waals surface area contributed by atoms with Crippen molar-refractivity contribution in [1.29, 1.82) is 0 Å². The topological polar surface area (TPSA) is 76.7 Å². The molecule has 142 valence electrons. The van der Waals surface area contributed by atoms with Crippen molar-refractivity contribution >= 4 is 11.8 Å². The third-order valence-electron chi connectivity index (χ3n) is 4.76. The number of amides is 2. The van der Waals surface area contributed by atoms with Crippen molar-refractivity contribution in [2.24, 2.45) is 5.92 Å². The standard InChI is InChI=1S/C21H24N2O4/c1-3-14(2)19(15-9-5-4-6-10-15)21(25)23-22-20(24)18-13-26-16-11-7-8-12-17(16)27-18/h4-12,14,18-19H,3,13H2,1-2H3,(H,22,24)(H,23,25). The number of fused-ring (bicyclic) bond motifs is 1. The van der Waals surface area contributed by atoms with Gasteiger partial charge in [-0.05, 0) is 23.6 Å². The molecule has 0 aliphatic carbocycles. The maximum atomic E-state index is 12.7. The Labute approximate surface area is 158 Å². The lowest BCUT2D eigenvalue weighted by Crippen LogP contribution is -2.52. The molecule has 0 saturated carbocycles. The molecule has 0 bridgehead atoms. The maximum Gasteiger partial charge on any atom is 0.283 e. The van der Waals surface area contributed by atoms with Gasteiger partial charge in [-0.1, -0.05) is 62.7 Å². The molecule has 2 amide bonds. The average molecular weight is 368 g/mol. The highest BCUT2D eigenvalue weighted by Gasteiger charge is 2.30. The van der Waals surface area contributed by atoms with Crippen molar-refractivity contribution in [3.8, 4) is 11.5 Å². The van der Waals surface area contributed by atoms with Gasteiger partial charge in [0.2, 0.25) is 12.0 Å². The van der Waals surface area contributed by atoms with Crippen LogP contribution in [0.2, 0.25) is 0 Å².